The Morgan fingerprint density at radius 1 is 0.412 bits per heavy atom. The molecule has 0 saturated heterocycles. The topological polar surface area (TPSA) is 18.5 Å². The molecule has 0 spiro atoms. The van der Waals surface area contributed by atoms with Crippen molar-refractivity contribution in [2.45, 2.75) is 26.2 Å². The predicted octanol–water partition coefficient (Wildman–Crippen LogP) is 11.0. The van der Waals surface area contributed by atoms with E-state index in [2.05, 4.69) is 166 Å². The van der Waals surface area contributed by atoms with Crippen molar-refractivity contribution in [3.63, 3.8) is 0 Å². The van der Waals surface area contributed by atoms with Gasteiger partial charge in [0, 0.05) is 5.46 Å². The van der Waals surface area contributed by atoms with Gasteiger partial charge in [-0.1, -0.05) is 154 Å². The van der Waals surface area contributed by atoms with E-state index in [1.165, 1.54) is 60.3 Å². The third-order valence-corrected chi connectivity index (χ3v) is 10.8. The lowest BCUT2D eigenvalue weighted by Gasteiger charge is -2.33. The van der Waals surface area contributed by atoms with Crippen LogP contribution in [0.5, 0.6) is 23.0 Å². The lowest BCUT2D eigenvalue weighted by molar-refractivity contribution is 0.465. The number of ether oxygens (including phenoxy) is 2. The summed E-state index contributed by atoms with van der Waals surface area (Å²) in [5.41, 5.74) is 12.0. The van der Waals surface area contributed by atoms with Crippen LogP contribution in [0.1, 0.15) is 26.3 Å². The molecule has 0 aliphatic carbocycles. The van der Waals surface area contributed by atoms with E-state index < -0.39 is 0 Å². The predicted molar refractivity (Wildman–Crippen MR) is 214 cm³/mol. The van der Waals surface area contributed by atoms with Crippen LogP contribution < -0.4 is 25.9 Å². The lowest BCUT2D eigenvalue weighted by atomic mass is 9.35. The normalized spacial score (nSPS) is 12.9. The maximum atomic E-state index is 6.70. The van der Waals surface area contributed by atoms with Crippen molar-refractivity contribution in [3.8, 4) is 56.4 Å². The van der Waals surface area contributed by atoms with E-state index in [1.807, 2.05) is 12.1 Å². The van der Waals surface area contributed by atoms with Crippen molar-refractivity contribution >= 4 is 44.6 Å². The molecule has 0 saturated carbocycles. The third-order valence-electron chi connectivity index (χ3n) is 10.8. The van der Waals surface area contributed by atoms with Gasteiger partial charge in [0.15, 0.2) is 0 Å². The summed E-state index contributed by atoms with van der Waals surface area (Å²) in [6.45, 7) is 6.85. The number of fused-ring (bicyclic) bond motifs is 6. The van der Waals surface area contributed by atoms with Crippen LogP contribution in [-0.4, -0.2) is 6.71 Å². The molecule has 2 nitrogen and oxygen atoms in total. The average molecular weight is 655 g/mol. The zero-order valence-electron chi connectivity index (χ0n) is 28.9. The van der Waals surface area contributed by atoms with E-state index in [1.54, 1.807) is 0 Å². The summed E-state index contributed by atoms with van der Waals surface area (Å²) >= 11 is 0. The molecule has 0 fully saturated rings. The molecule has 3 heteroatoms. The zero-order valence-corrected chi connectivity index (χ0v) is 28.9. The van der Waals surface area contributed by atoms with Crippen molar-refractivity contribution in [1.29, 1.82) is 0 Å². The van der Waals surface area contributed by atoms with Crippen molar-refractivity contribution in [2.24, 2.45) is 0 Å². The van der Waals surface area contributed by atoms with Gasteiger partial charge in [0.1, 0.15) is 23.0 Å². The Kier molecular flexibility index (Phi) is 6.57. The molecule has 2 aliphatic heterocycles. The Labute approximate surface area is 299 Å². The second-order valence-electron chi connectivity index (χ2n) is 14.8. The Balaban J connectivity index is 1.20. The molecule has 0 bridgehead atoms. The average Bonchev–Trinajstić information content (AvgIpc) is 3.16. The monoisotopic (exact) mass is 654 g/mol. The minimum atomic E-state index is 0.0482. The first-order chi connectivity index (χ1) is 24.9. The van der Waals surface area contributed by atoms with Crippen LogP contribution in [0, 0.1) is 0 Å². The summed E-state index contributed by atoms with van der Waals surface area (Å²) in [5.74, 6) is 3.48. The van der Waals surface area contributed by atoms with Crippen molar-refractivity contribution in [3.05, 3.63) is 163 Å². The largest absolute Gasteiger partial charge is 0.458 e. The first kappa shape index (κ1) is 29.8. The van der Waals surface area contributed by atoms with Crippen LogP contribution in [0.4, 0.5) is 0 Å². The molecular formula is C48H35BO2. The Morgan fingerprint density at radius 2 is 0.863 bits per heavy atom. The van der Waals surface area contributed by atoms with E-state index in [0.29, 0.717) is 0 Å². The SMILES string of the molecule is CC(C)(C)c1ccc(-c2c3ccccc3c(-c3ccccc3-c3cc4c5c(c3)Oc3ccccc3B5c3ccccc3O4)c3ccccc23)cc1. The number of para-hydroxylation sites is 2. The second-order valence-corrected chi connectivity index (χ2v) is 14.8. The molecular weight excluding hydrogens is 619 g/mol. The molecule has 8 aromatic rings. The van der Waals surface area contributed by atoms with Crippen molar-refractivity contribution in [1.82, 2.24) is 0 Å². The second kappa shape index (κ2) is 11.2. The summed E-state index contributed by atoms with van der Waals surface area (Å²) in [7, 11) is 0. The molecule has 242 valence electrons. The van der Waals surface area contributed by atoms with Gasteiger partial charge in [-0.2, -0.15) is 0 Å². The fourth-order valence-corrected chi connectivity index (χ4v) is 8.37. The van der Waals surface area contributed by atoms with E-state index >= 15 is 0 Å². The van der Waals surface area contributed by atoms with Crippen LogP contribution in [0.25, 0.3) is 54.9 Å². The van der Waals surface area contributed by atoms with Gasteiger partial charge in [-0.15, -0.1) is 0 Å². The summed E-state index contributed by atoms with van der Waals surface area (Å²) in [6, 6.07) is 56.9. The van der Waals surface area contributed by atoms with Gasteiger partial charge in [0.2, 0.25) is 0 Å². The van der Waals surface area contributed by atoms with Gasteiger partial charge in [0.25, 0.3) is 6.71 Å². The zero-order chi connectivity index (χ0) is 34.3. The Hall–Kier alpha value is -6.06. The van der Waals surface area contributed by atoms with Gasteiger partial charge in [-0.05, 0) is 101 Å². The maximum absolute atomic E-state index is 6.70. The molecule has 0 radical (unpaired) electrons. The van der Waals surface area contributed by atoms with Gasteiger partial charge >= 0.3 is 0 Å². The van der Waals surface area contributed by atoms with Crippen LogP contribution >= 0.6 is 0 Å². The number of rotatable bonds is 3. The van der Waals surface area contributed by atoms with Crippen LogP contribution in [0.3, 0.4) is 0 Å². The molecule has 0 N–H and O–H groups in total. The van der Waals surface area contributed by atoms with Crippen LogP contribution in [-0.2, 0) is 5.41 Å². The van der Waals surface area contributed by atoms with E-state index in [0.717, 1.165) is 39.6 Å². The highest BCUT2D eigenvalue weighted by atomic mass is 16.5. The molecule has 0 aromatic heterocycles. The molecule has 0 unspecified atom stereocenters. The highest BCUT2D eigenvalue weighted by molar-refractivity contribution is 6.98. The quantitative estimate of drug-likeness (QED) is 0.139. The number of benzene rings is 8. The molecule has 2 aliphatic rings. The summed E-state index contributed by atoms with van der Waals surface area (Å²) in [4.78, 5) is 0. The van der Waals surface area contributed by atoms with Gasteiger partial charge in [-0.3, -0.25) is 0 Å². The number of hydrogen-bond donors (Lipinski definition) is 0. The highest BCUT2D eigenvalue weighted by Crippen LogP contribution is 2.47. The summed E-state index contributed by atoms with van der Waals surface area (Å²) < 4.78 is 13.4. The standard InChI is InChI=1S/C48H35BO2/c1-48(2,3)32-26-24-30(25-27-32)45-35-16-6-8-18-37(35)46(38-19-9-7-17-36(38)45)34-15-5-4-14-33(34)31-28-43-47-44(29-31)51-42-23-13-11-21-40(42)49(47)39-20-10-12-22-41(39)50-43/h4-29H,1-3H3. The minimum absolute atomic E-state index is 0.0482. The number of hydrogen-bond acceptors (Lipinski definition) is 2. The Bertz CT molecular complexity index is 2550. The van der Waals surface area contributed by atoms with Gasteiger partial charge < -0.3 is 9.47 Å². The summed E-state index contributed by atoms with van der Waals surface area (Å²) in [5, 5.41) is 4.95. The van der Waals surface area contributed by atoms with Crippen LogP contribution in [0.2, 0.25) is 0 Å². The van der Waals surface area contributed by atoms with E-state index in [9.17, 15) is 0 Å². The molecule has 51 heavy (non-hydrogen) atoms. The fraction of sp³-hybridized carbons (Fsp3) is 0.0833. The van der Waals surface area contributed by atoms with Gasteiger partial charge in [0.05, 0.1) is 0 Å². The minimum Gasteiger partial charge on any atom is -0.458 e. The fourth-order valence-electron chi connectivity index (χ4n) is 8.37. The van der Waals surface area contributed by atoms with E-state index in [4.69, 9.17) is 9.47 Å². The molecule has 2 heterocycles. The molecule has 8 aromatic carbocycles. The van der Waals surface area contributed by atoms with Crippen LogP contribution in [0.15, 0.2) is 158 Å². The van der Waals surface area contributed by atoms with E-state index in [-0.39, 0.29) is 12.1 Å². The van der Waals surface area contributed by atoms with Crippen molar-refractivity contribution < 1.29 is 9.47 Å². The molecule has 10 rings (SSSR count). The first-order valence-electron chi connectivity index (χ1n) is 17.8. The van der Waals surface area contributed by atoms with Gasteiger partial charge in [-0.25, -0.2) is 0 Å². The smallest absolute Gasteiger partial charge is 0.260 e. The highest BCUT2D eigenvalue weighted by Gasteiger charge is 2.40. The Morgan fingerprint density at radius 3 is 1.39 bits per heavy atom. The lowest BCUT2D eigenvalue weighted by Crippen LogP contribution is -2.57. The maximum Gasteiger partial charge on any atom is 0.260 e. The molecule has 0 atom stereocenters. The molecule has 0 amide bonds. The van der Waals surface area contributed by atoms with Crippen molar-refractivity contribution in [2.75, 3.05) is 0 Å². The summed E-state index contributed by atoms with van der Waals surface area (Å²) in [6.07, 6.45) is 0. The third kappa shape index (κ3) is 4.65. The first-order valence-corrected chi connectivity index (χ1v) is 17.8.